The van der Waals surface area contributed by atoms with Crippen LogP contribution in [0.1, 0.15) is 36.5 Å². The molecule has 0 aliphatic carbocycles. The van der Waals surface area contributed by atoms with Crippen molar-refractivity contribution in [2.24, 2.45) is 0 Å². The highest BCUT2D eigenvalue weighted by Crippen LogP contribution is 2.15. The van der Waals surface area contributed by atoms with Crippen LogP contribution in [-0.4, -0.2) is 19.6 Å². The van der Waals surface area contributed by atoms with Crippen molar-refractivity contribution in [2.45, 2.75) is 26.2 Å². The second kappa shape index (κ2) is 6.88. The summed E-state index contributed by atoms with van der Waals surface area (Å²) in [6.07, 6.45) is 3.51. The van der Waals surface area contributed by atoms with Crippen LogP contribution in [0.15, 0.2) is 24.3 Å². The number of para-hydroxylation sites is 1. The first-order chi connectivity index (χ1) is 7.79. The van der Waals surface area contributed by atoms with Crippen molar-refractivity contribution in [3.8, 4) is 0 Å². The topological polar surface area (TPSA) is 38.3 Å². The maximum atomic E-state index is 11.5. The minimum atomic E-state index is -0.293. The van der Waals surface area contributed by atoms with Gasteiger partial charge in [-0.05, 0) is 18.6 Å². The van der Waals surface area contributed by atoms with Gasteiger partial charge in [0, 0.05) is 12.2 Å². The molecule has 0 radical (unpaired) electrons. The SMILES string of the molecule is CCCCCNc1ccccc1C(=O)OC. The Morgan fingerprint density at radius 1 is 1.31 bits per heavy atom. The molecule has 0 unspecified atom stereocenters. The zero-order valence-electron chi connectivity index (χ0n) is 9.95. The summed E-state index contributed by atoms with van der Waals surface area (Å²) in [6, 6.07) is 7.42. The molecule has 0 bridgehead atoms. The van der Waals surface area contributed by atoms with E-state index in [1.54, 1.807) is 6.07 Å². The number of nitrogens with one attached hydrogen (secondary N) is 1. The first-order valence-corrected chi connectivity index (χ1v) is 5.70. The lowest BCUT2D eigenvalue weighted by Gasteiger charge is -2.10. The number of carbonyl (C=O) groups excluding carboxylic acids is 1. The number of ether oxygens (including phenoxy) is 1. The van der Waals surface area contributed by atoms with Gasteiger partial charge in [-0.2, -0.15) is 0 Å². The van der Waals surface area contributed by atoms with Crippen LogP contribution in [0.2, 0.25) is 0 Å². The Kier molecular flexibility index (Phi) is 5.40. The van der Waals surface area contributed by atoms with Gasteiger partial charge in [0.15, 0.2) is 0 Å². The molecule has 0 amide bonds. The van der Waals surface area contributed by atoms with E-state index in [4.69, 9.17) is 4.74 Å². The minimum absolute atomic E-state index is 0.293. The molecule has 1 aromatic carbocycles. The molecular weight excluding hydrogens is 202 g/mol. The molecule has 0 atom stereocenters. The van der Waals surface area contributed by atoms with Crippen molar-refractivity contribution < 1.29 is 9.53 Å². The number of hydrogen-bond donors (Lipinski definition) is 1. The lowest BCUT2D eigenvalue weighted by atomic mass is 10.1. The van der Waals surface area contributed by atoms with Crippen molar-refractivity contribution in [3.05, 3.63) is 29.8 Å². The summed E-state index contributed by atoms with van der Waals surface area (Å²) in [5.41, 5.74) is 1.45. The fraction of sp³-hybridized carbons (Fsp3) is 0.462. The second-order valence-corrected chi connectivity index (χ2v) is 3.67. The maximum absolute atomic E-state index is 11.5. The number of anilines is 1. The third-order valence-corrected chi connectivity index (χ3v) is 2.43. The number of methoxy groups -OCH3 is 1. The van der Waals surface area contributed by atoms with Crippen LogP contribution in [0.3, 0.4) is 0 Å². The minimum Gasteiger partial charge on any atom is -0.465 e. The molecule has 0 spiro atoms. The number of unbranched alkanes of at least 4 members (excludes halogenated alkanes) is 2. The van der Waals surface area contributed by atoms with Gasteiger partial charge in [-0.15, -0.1) is 0 Å². The zero-order chi connectivity index (χ0) is 11.8. The van der Waals surface area contributed by atoms with Gasteiger partial charge in [0.2, 0.25) is 0 Å². The fourth-order valence-corrected chi connectivity index (χ4v) is 1.52. The smallest absolute Gasteiger partial charge is 0.339 e. The van der Waals surface area contributed by atoms with Crippen LogP contribution in [0.25, 0.3) is 0 Å². The summed E-state index contributed by atoms with van der Waals surface area (Å²) in [5.74, 6) is -0.293. The predicted molar refractivity (Wildman–Crippen MR) is 65.8 cm³/mol. The highest BCUT2D eigenvalue weighted by Gasteiger charge is 2.09. The van der Waals surface area contributed by atoms with Crippen LogP contribution >= 0.6 is 0 Å². The molecule has 1 N–H and O–H groups in total. The highest BCUT2D eigenvalue weighted by atomic mass is 16.5. The molecular formula is C13H19NO2. The zero-order valence-corrected chi connectivity index (χ0v) is 9.95. The molecule has 0 saturated carbocycles. The summed E-state index contributed by atoms with van der Waals surface area (Å²) in [4.78, 5) is 11.5. The van der Waals surface area contributed by atoms with Crippen molar-refractivity contribution in [2.75, 3.05) is 19.0 Å². The molecule has 0 heterocycles. The Hall–Kier alpha value is -1.51. The Balaban J connectivity index is 2.60. The molecule has 0 fully saturated rings. The summed E-state index contributed by atoms with van der Waals surface area (Å²) < 4.78 is 4.73. The standard InChI is InChI=1S/C13H19NO2/c1-3-4-7-10-14-12-9-6-5-8-11(12)13(15)16-2/h5-6,8-9,14H,3-4,7,10H2,1-2H3. The molecule has 0 saturated heterocycles. The predicted octanol–water partition coefficient (Wildman–Crippen LogP) is 3.08. The Bertz CT molecular complexity index is 336. The Morgan fingerprint density at radius 2 is 2.06 bits per heavy atom. The highest BCUT2D eigenvalue weighted by molar-refractivity contribution is 5.95. The van der Waals surface area contributed by atoms with E-state index >= 15 is 0 Å². The average Bonchev–Trinajstić information content (AvgIpc) is 2.34. The van der Waals surface area contributed by atoms with Gasteiger partial charge >= 0.3 is 5.97 Å². The summed E-state index contributed by atoms with van der Waals surface area (Å²) in [7, 11) is 1.40. The fourth-order valence-electron chi connectivity index (χ4n) is 1.52. The quantitative estimate of drug-likeness (QED) is 0.592. The third-order valence-electron chi connectivity index (χ3n) is 2.43. The van der Waals surface area contributed by atoms with Gasteiger partial charge in [-0.3, -0.25) is 0 Å². The van der Waals surface area contributed by atoms with E-state index < -0.39 is 0 Å². The summed E-state index contributed by atoms with van der Waals surface area (Å²) in [5, 5.41) is 3.26. The van der Waals surface area contributed by atoms with Gasteiger partial charge in [0.1, 0.15) is 0 Å². The molecule has 3 nitrogen and oxygen atoms in total. The van der Waals surface area contributed by atoms with Crippen molar-refractivity contribution >= 4 is 11.7 Å². The van der Waals surface area contributed by atoms with Crippen LogP contribution in [0, 0.1) is 0 Å². The van der Waals surface area contributed by atoms with Crippen molar-refractivity contribution in [1.29, 1.82) is 0 Å². The molecule has 0 aliphatic heterocycles. The van der Waals surface area contributed by atoms with Gasteiger partial charge < -0.3 is 10.1 Å². The van der Waals surface area contributed by atoms with Gasteiger partial charge in [0.25, 0.3) is 0 Å². The molecule has 0 aliphatic rings. The van der Waals surface area contributed by atoms with Crippen LogP contribution in [-0.2, 0) is 4.74 Å². The number of carbonyl (C=O) groups is 1. The normalized spacial score (nSPS) is 9.88. The lowest BCUT2D eigenvalue weighted by Crippen LogP contribution is -2.09. The maximum Gasteiger partial charge on any atom is 0.339 e. The van der Waals surface area contributed by atoms with E-state index in [0.29, 0.717) is 5.56 Å². The van der Waals surface area contributed by atoms with Crippen molar-refractivity contribution in [3.63, 3.8) is 0 Å². The molecule has 1 rings (SSSR count). The van der Waals surface area contributed by atoms with E-state index in [1.807, 2.05) is 18.2 Å². The van der Waals surface area contributed by atoms with Crippen LogP contribution < -0.4 is 5.32 Å². The van der Waals surface area contributed by atoms with E-state index in [-0.39, 0.29) is 5.97 Å². The van der Waals surface area contributed by atoms with Crippen LogP contribution in [0.5, 0.6) is 0 Å². The lowest BCUT2D eigenvalue weighted by molar-refractivity contribution is 0.0602. The molecule has 16 heavy (non-hydrogen) atoms. The summed E-state index contributed by atoms with van der Waals surface area (Å²) >= 11 is 0. The molecule has 88 valence electrons. The third kappa shape index (κ3) is 3.57. The van der Waals surface area contributed by atoms with E-state index in [9.17, 15) is 4.79 Å². The number of benzene rings is 1. The molecule has 3 heteroatoms. The number of esters is 1. The summed E-state index contributed by atoms with van der Waals surface area (Å²) in [6.45, 7) is 3.06. The van der Waals surface area contributed by atoms with E-state index in [1.165, 1.54) is 20.0 Å². The Labute approximate surface area is 96.8 Å². The van der Waals surface area contributed by atoms with Crippen molar-refractivity contribution in [1.82, 2.24) is 0 Å². The molecule has 1 aromatic rings. The van der Waals surface area contributed by atoms with Gasteiger partial charge in [-0.25, -0.2) is 4.79 Å². The Morgan fingerprint density at radius 3 is 2.75 bits per heavy atom. The van der Waals surface area contributed by atoms with E-state index in [0.717, 1.165) is 18.7 Å². The van der Waals surface area contributed by atoms with Gasteiger partial charge in [-0.1, -0.05) is 31.9 Å². The average molecular weight is 221 g/mol. The second-order valence-electron chi connectivity index (χ2n) is 3.67. The monoisotopic (exact) mass is 221 g/mol. The first-order valence-electron chi connectivity index (χ1n) is 5.70. The molecule has 0 aromatic heterocycles. The number of hydrogen-bond acceptors (Lipinski definition) is 3. The largest absolute Gasteiger partial charge is 0.465 e. The first kappa shape index (κ1) is 12.6. The van der Waals surface area contributed by atoms with E-state index in [2.05, 4.69) is 12.2 Å². The van der Waals surface area contributed by atoms with Gasteiger partial charge in [0.05, 0.1) is 12.7 Å². The van der Waals surface area contributed by atoms with Crippen LogP contribution in [0.4, 0.5) is 5.69 Å². The number of rotatable bonds is 6.